The van der Waals surface area contributed by atoms with Crippen molar-refractivity contribution in [2.75, 3.05) is 36.0 Å². The highest BCUT2D eigenvalue weighted by Crippen LogP contribution is 2.33. The maximum Gasteiger partial charge on any atom is 0.115 e. The second-order valence-electron chi connectivity index (χ2n) is 4.84. The van der Waals surface area contributed by atoms with E-state index in [0.29, 0.717) is 0 Å². The third-order valence-corrected chi connectivity index (χ3v) is 3.77. The van der Waals surface area contributed by atoms with Crippen LogP contribution in [-0.2, 0) is 0 Å². The molecular formula is C17H25N3. The van der Waals surface area contributed by atoms with Crippen LogP contribution in [0, 0.1) is 0 Å². The Kier molecular flexibility index (Phi) is 4.83. The molecule has 2 rings (SSSR count). The third-order valence-electron chi connectivity index (χ3n) is 3.77. The van der Waals surface area contributed by atoms with Gasteiger partial charge in [0.25, 0.3) is 0 Å². The molecule has 0 saturated heterocycles. The summed E-state index contributed by atoms with van der Waals surface area (Å²) in [6.07, 6.45) is 0. The molecule has 0 atom stereocenters. The first kappa shape index (κ1) is 14.6. The molecule has 0 aliphatic carbocycles. The van der Waals surface area contributed by atoms with Gasteiger partial charge in [0.05, 0.1) is 17.1 Å². The lowest BCUT2D eigenvalue weighted by Gasteiger charge is -2.19. The van der Waals surface area contributed by atoms with Gasteiger partial charge in [-0.05, 0) is 39.8 Å². The molecule has 0 heterocycles. The fourth-order valence-electron chi connectivity index (χ4n) is 2.58. The van der Waals surface area contributed by atoms with Crippen molar-refractivity contribution >= 4 is 17.1 Å². The molecule has 0 saturated carbocycles. The molecule has 108 valence electrons. The molecule has 0 unspecified atom stereocenters. The van der Waals surface area contributed by atoms with E-state index in [4.69, 9.17) is 4.99 Å². The second-order valence-corrected chi connectivity index (χ2v) is 4.84. The van der Waals surface area contributed by atoms with E-state index in [1.54, 1.807) is 0 Å². The summed E-state index contributed by atoms with van der Waals surface area (Å²) in [7, 11) is 0. The highest BCUT2D eigenvalue weighted by molar-refractivity contribution is 5.85. The van der Waals surface area contributed by atoms with Gasteiger partial charge in [0.1, 0.15) is 5.36 Å². The summed E-state index contributed by atoms with van der Waals surface area (Å²) in [5, 5.41) is 1.17. The normalized spacial score (nSPS) is 10.8. The van der Waals surface area contributed by atoms with E-state index in [-0.39, 0.29) is 0 Å². The van der Waals surface area contributed by atoms with Crippen LogP contribution in [0.2, 0.25) is 0 Å². The Morgan fingerprint density at radius 3 is 1.60 bits per heavy atom. The molecule has 20 heavy (non-hydrogen) atoms. The molecular weight excluding hydrogens is 246 g/mol. The van der Waals surface area contributed by atoms with Crippen LogP contribution < -0.4 is 15.2 Å². The average Bonchev–Trinajstić information content (AvgIpc) is 3.16. The Morgan fingerprint density at radius 2 is 1.20 bits per heavy atom. The van der Waals surface area contributed by atoms with E-state index < -0.39 is 0 Å². The second kappa shape index (κ2) is 6.60. The summed E-state index contributed by atoms with van der Waals surface area (Å²) in [4.78, 5) is 9.62. The molecule has 0 amide bonds. The molecule has 0 aliphatic heterocycles. The van der Waals surface area contributed by atoms with Gasteiger partial charge in [-0.1, -0.05) is 18.2 Å². The summed E-state index contributed by atoms with van der Waals surface area (Å²) in [6, 6.07) is 10.2. The maximum absolute atomic E-state index is 4.83. The molecule has 0 spiro atoms. The molecule has 3 heteroatoms. The van der Waals surface area contributed by atoms with Crippen LogP contribution in [0.3, 0.4) is 0 Å². The zero-order valence-electron chi connectivity index (χ0n) is 13.1. The maximum atomic E-state index is 4.83. The molecule has 2 aromatic rings. The number of para-hydroxylation sites is 1. The van der Waals surface area contributed by atoms with E-state index in [1.165, 1.54) is 16.7 Å². The average molecular weight is 271 g/mol. The number of benzene rings is 1. The van der Waals surface area contributed by atoms with Gasteiger partial charge in [-0.2, -0.15) is 0 Å². The van der Waals surface area contributed by atoms with Crippen molar-refractivity contribution < 1.29 is 0 Å². The van der Waals surface area contributed by atoms with Gasteiger partial charge < -0.3 is 9.80 Å². The highest BCUT2D eigenvalue weighted by atomic mass is 15.2. The number of hydrogen-bond acceptors (Lipinski definition) is 3. The first-order valence-corrected chi connectivity index (χ1v) is 7.65. The largest absolute Gasteiger partial charge is 0.369 e. The van der Waals surface area contributed by atoms with Gasteiger partial charge in [-0.25, -0.2) is 4.99 Å². The molecule has 0 aliphatic rings. The highest BCUT2D eigenvalue weighted by Gasteiger charge is 2.27. The lowest BCUT2D eigenvalue weighted by atomic mass is 10.3. The summed E-state index contributed by atoms with van der Waals surface area (Å²) in [6.45, 7) is 12.9. The van der Waals surface area contributed by atoms with Crippen LogP contribution >= 0.6 is 0 Å². The molecule has 2 aromatic carbocycles. The van der Waals surface area contributed by atoms with Crippen molar-refractivity contribution in [1.29, 1.82) is 0 Å². The van der Waals surface area contributed by atoms with Crippen molar-refractivity contribution in [1.82, 2.24) is 0 Å². The Bertz CT molecular complexity index is 514. The zero-order valence-corrected chi connectivity index (χ0v) is 13.1. The van der Waals surface area contributed by atoms with Gasteiger partial charge in [0.15, 0.2) is 0 Å². The lowest BCUT2D eigenvalue weighted by molar-refractivity contribution is 0.855. The Balaban J connectivity index is 2.39. The summed E-state index contributed by atoms with van der Waals surface area (Å²) in [5.74, 6) is 0. The zero-order chi connectivity index (χ0) is 14.5. The van der Waals surface area contributed by atoms with Crippen LogP contribution in [0.15, 0.2) is 35.3 Å². The van der Waals surface area contributed by atoms with Gasteiger partial charge >= 0.3 is 0 Å². The SMILES string of the molecule is CCN(CC)c1c(N(CC)CC)c1=Nc1ccccc1. The fourth-order valence-corrected chi connectivity index (χ4v) is 2.58. The van der Waals surface area contributed by atoms with E-state index >= 15 is 0 Å². The van der Waals surface area contributed by atoms with Gasteiger partial charge in [0, 0.05) is 26.2 Å². The molecule has 0 aromatic heterocycles. The molecule has 0 radical (unpaired) electrons. The van der Waals surface area contributed by atoms with Crippen molar-refractivity contribution in [3.05, 3.63) is 35.7 Å². The van der Waals surface area contributed by atoms with Crippen molar-refractivity contribution in [3.63, 3.8) is 0 Å². The predicted octanol–water partition coefficient (Wildman–Crippen LogP) is 3.49. The van der Waals surface area contributed by atoms with E-state index in [9.17, 15) is 0 Å². The van der Waals surface area contributed by atoms with Crippen LogP contribution in [0.1, 0.15) is 27.7 Å². The topological polar surface area (TPSA) is 18.8 Å². The minimum absolute atomic E-state index is 1.03. The molecule has 0 bridgehead atoms. The minimum atomic E-state index is 1.03. The molecule has 3 nitrogen and oxygen atoms in total. The number of nitrogens with zero attached hydrogens (tertiary/aromatic N) is 3. The van der Waals surface area contributed by atoms with Crippen molar-refractivity contribution in [2.45, 2.75) is 27.7 Å². The standard InChI is InChI=1S/C17H25N3/c1-5-19(6-2)16-15(17(16)20(7-3)8-4)18-14-12-10-9-11-13-14/h9-13H,5-8H2,1-4H3. The molecule has 0 N–H and O–H groups in total. The van der Waals surface area contributed by atoms with Gasteiger partial charge in [-0.15, -0.1) is 0 Å². The van der Waals surface area contributed by atoms with Crippen molar-refractivity contribution in [2.24, 2.45) is 4.99 Å². The minimum Gasteiger partial charge on any atom is -0.369 e. The summed E-state index contributed by atoms with van der Waals surface area (Å²) >= 11 is 0. The van der Waals surface area contributed by atoms with E-state index in [0.717, 1.165) is 31.9 Å². The first-order chi connectivity index (χ1) is 9.76. The van der Waals surface area contributed by atoms with Crippen LogP contribution in [0.5, 0.6) is 0 Å². The number of anilines is 2. The lowest BCUT2D eigenvalue weighted by Crippen LogP contribution is -2.23. The Hall–Kier alpha value is -1.77. The first-order valence-electron chi connectivity index (χ1n) is 7.65. The van der Waals surface area contributed by atoms with Crippen LogP contribution in [-0.4, -0.2) is 26.2 Å². The van der Waals surface area contributed by atoms with E-state index in [1.807, 2.05) is 18.2 Å². The van der Waals surface area contributed by atoms with Gasteiger partial charge in [-0.3, -0.25) is 0 Å². The number of hydrogen-bond donors (Lipinski definition) is 0. The molecule has 0 fully saturated rings. The monoisotopic (exact) mass is 271 g/mol. The predicted molar refractivity (Wildman–Crippen MR) is 87.6 cm³/mol. The quantitative estimate of drug-likeness (QED) is 0.767. The van der Waals surface area contributed by atoms with Gasteiger partial charge in [0.2, 0.25) is 0 Å². The number of rotatable bonds is 7. The van der Waals surface area contributed by atoms with Crippen molar-refractivity contribution in [3.8, 4) is 0 Å². The third kappa shape index (κ3) is 2.87. The van der Waals surface area contributed by atoms with E-state index in [2.05, 4.69) is 49.6 Å². The fraction of sp³-hybridized carbons (Fsp3) is 0.471. The smallest absolute Gasteiger partial charge is 0.115 e. The summed E-state index contributed by atoms with van der Waals surface area (Å²) < 4.78 is 0. The van der Waals surface area contributed by atoms with Crippen LogP contribution in [0.25, 0.3) is 0 Å². The Morgan fingerprint density at radius 1 is 0.750 bits per heavy atom. The summed E-state index contributed by atoms with van der Waals surface area (Å²) in [5.41, 5.74) is 3.71. The Labute approximate surface area is 122 Å². The van der Waals surface area contributed by atoms with Crippen LogP contribution in [0.4, 0.5) is 17.1 Å².